The molecule has 1 amide bonds. The van der Waals surface area contributed by atoms with E-state index in [0.717, 1.165) is 42.8 Å². The SMILES string of the molecule is CN(C)C(=O)c1cc(C2CCCN2c2cc(F)cc(C=O)c2)c2nc(N3CCOCC3)cnc2c1. The van der Waals surface area contributed by atoms with Crippen LogP contribution in [0.15, 0.2) is 36.5 Å². The smallest absolute Gasteiger partial charge is 0.253 e. The normalized spacial score (nSPS) is 18.2. The van der Waals surface area contributed by atoms with Gasteiger partial charge < -0.3 is 19.4 Å². The molecule has 2 aromatic carbocycles. The molecule has 0 saturated carbocycles. The van der Waals surface area contributed by atoms with Crippen LogP contribution in [0.25, 0.3) is 11.0 Å². The first-order valence-corrected chi connectivity index (χ1v) is 11.8. The zero-order valence-electron chi connectivity index (χ0n) is 19.9. The van der Waals surface area contributed by atoms with E-state index in [1.54, 1.807) is 32.4 Å². The summed E-state index contributed by atoms with van der Waals surface area (Å²) in [5.74, 6) is 0.198. The predicted octanol–water partition coefficient (Wildman–Crippen LogP) is 3.46. The number of benzene rings is 2. The highest BCUT2D eigenvalue weighted by Gasteiger charge is 2.30. The molecule has 2 aliphatic rings. The molecule has 0 bridgehead atoms. The molecule has 1 atom stereocenters. The highest BCUT2D eigenvalue weighted by Crippen LogP contribution is 2.40. The Labute approximate surface area is 203 Å². The van der Waals surface area contributed by atoms with E-state index in [4.69, 9.17) is 9.72 Å². The molecule has 0 radical (unpaired) electrons. The first-order chi connectivity index (χ1) is 16.9. The number of hydrogen-bond acceptors (Lipinski definition) is 7. The van der Waals surface area contributed by atoms with Crippen LogP contribution in [0, 0.1) is 5.82 Å². The fourth-order valence-corrected chi connectivity index (χ4v) is 4.94. The third-order valence-corrected chi connectivity index (χ3v) is 6.64. The van der Waals surface area contributed by atoms with Crippen molar-refractivity contribution in [1.29, 1.82) is 0 Å². The zero-order valence-corrected chi connectivity index (χ0v) is 19.9. The van der Waals surface area contributed by atoms with Gasteiger partial charge in [0.25, 0.3) is 5.91 Å². The van der Waals surface area contributed by atoms with Crippen LogP contribution in [-0.2, 0) is 4.74 Å². The molecule has 3 aromatic rings. The van der Waals surface area contributed by atoms with E-state index in [-0.39, 0.29) is 11.9 Å². The van der Waals surface area contributed by atoms with Crippen molar-refractivity contribution in [3.63, 3.8) is 0 Å². The van der Waals surface area contributed by atoms with Crippen molar-refractivity contribution in [1.82, 2.24) is 14.9 Å². The summed E-state index contributed by atoms with van der Waals surface area (Å²) in [6.07, 6.45) is 4.10. The number of fused-ring (bicyclic) bond motifs is 1. The van der Waals surface area contributed by atoms with E-state index < -0.39 is 5.82 Å². The summed E-state index contributed by atoms with van der Waals surface area (Å²) < 4.78 is 19.8. The molecule has 2 fully saturated rings. The maximum absolute atomic E-state index is 14.3. The quantitative estimate of drug-likeness (QED) is 0.521. The number of carbonyl (C=O) groups is 2. The Morgan fingerprint density at radius 1 is 1.14 bits per heavy atom. The average Bonchev–Trinajstić information content (AvgIpc) is 3.37. The van der Waals surface area contributed by atoms with Crippen molar-refractivity contribution < 1.29 is 18.7 Å². The van der Waals surface area contributed by atoms with E-state index in [9.17, 15) is 14.0 Å². The number of morpholine rings is 1. The maximum Gasteiger partial charge on any atom is 0.253 e. The standard InChI is InChI=1S/C26H28FN5O3/c1-30(2)26(34)18-12-21(23-4-3-5-32(23)20-11-17(16-33)10-19(27)14-20)25-22(13-18)28-15-24(29-25)31-6-8-35-9-7-31/h10-16,23H,3-9H2,1-2H3. The van der Waals surface area contributed by atoms with Gasteiger partial charge in [-0.15, -0.1) is 0 Å². The molecule has 1 aromatic heterocycles. The van der Waals surface area contributed by atoms with Crippen LogP contribution in [0.2, 0.25) is 0 Å². The molecule has 0 aliphatic carbocycles. The third kappa shape index (κ3) is 4.55. The second-order valence-corrected chi connectivity index (χ2v) is 9.17. The lowest BCUT2D eigenvalue weighted by atomic mass is 9.98. The molecule has 9 heteroatoms. The third-order valence-electron chi connectivity index (χ3n) is 6.64. The van der Waals surface area contributed by atoms with E-state index in [2.05, 4.69) is 14.8 Å². The number of ether oxygens (including phenoxy) is 1. The predicted molar refractivity (Wildman–Crippen MR) is 132 cm³/mol. The lowest BCUT2D eigenvalue weighted by Gasteiger charge is -2.30. The topological polar surface area (TPSA) is 78.9 Å². The van der Waals surface area contributed by atoms with Gasteiger partial charge in [0.2, 0.25) is 0 Å². The summed E-state index contributed by atoms with van der Waals surface area (Å²) in [5.41, 5.74) is 3.72. The highest BCUT2D eigenvalue weighted by atomic mass is 19.1. The number of rotatable bonds is 5. The molecule has 3 heterocycles. The monoisotopic (exact) mass is 477 g/mol. The Morgan fingerprint density at radius 2 is 1.94 bits per heavy atom. The van der Waals surface area contributed by atoms with Crippen LogP contribution in [0.4, 0.5) is 15.9 Å². The minimum Gasteiger partial charge on any atom is -0.378 e. The van der Waals surface area contributed by atoms with Crippen LogP contribution < -0.4 is 9.80 Å². The molecular formula is C26H28FN5O3. The number of aromatic nitrogens is 2. The molecule has 35 heavy (non-hydrogen) atoms. The zero-order chi connectivity index (χ0) is 24.5. The van der Waals surface area contributed by atoms with Gasteiger partial charge in [-0.3, -0.25) is 14.6 Å². The number of nitrogens with zero attached hydrogens (tertiary/aromatic N) is 5. The fraction of sp³-hybridized carbons (Fsp3) is 0.385. The minimum absolute atomic E-state index is 0.120. The molecular weight excluding hydrogens is 449 g/mol. The van der Waals surface area contributed by atoms with E-state index >= 15 is 0 Å². The van der Waals surface area contributed by atoms with Crippen LogP contribution in [0.1, 0.15) is 45.2 Å². The Bertz CT molecular complexity index is 1280. The van der Waals surface area contributed by atoms with Crippen molar-refractivity contribution in [3.05, 3.63) is 59.0 Å². The van der Waals surface area contributed by atoms with Crippen LogP contribution in [0.3, 0.4) is 0 Å². The molecule has 0 spiro atoms. The number of halogens is 1. The van der Waals surface area contributed by atoms with E-state index in [0.29, 0.717) is 48.4 Å². The summed E-state index contributed by atoms with van der Waals surface area (Å²) in [5, 5.41) is 0. The fourth-order valence-electron chi connectivity index (χ4n) is 4.94. The van der Waals surface area contributed by atoms with Crippen LogP contribution >= 0.6 is 0 Å². The summed E-state index contributed by atoms with van der Waals surface area (Å²) in [6.45, 7) is 3.45. The van der Waals surface area contributed by atoms with Gasteiger partial charge >= 0.3 is 0 Å². The maximum atomic E-state index is 14.3. The van der Waals surface area contributed by atoms with Crippen LogP contribution in [0.5, 0.6) is 0 Å². The Kier molecular flexibility index (Phi) is 6.34. The second kappa shape index (κ2) is 9.58. The Balaban J connectivity index is 1.64. The average molecular weight is 478 g/mol. The molecule has 5 rings (SSSR count). The minimum atomic E-state index is -0.453. The Morgan fingerprint density at radius 3 is 2.69 bits per heavy atom. The number of carbonyl (C=O) groups excluding carboxylic acids is 2. The highest BCUT2D eigenvalue weighted by molar-refractivity contribution is 5.98. The first-order valence-electron chi connectivity index (χ1n) is 11.8. The van der Waals surface area contributed by atoms with Crippen molar-refractivity contribution in [2.24, 2.45) is 0 Å². The van der Waals surface area contributed by atoms with Gasteiger partial charge in [-0.25, -0.2) is 9.37 Å². The second-order valence-electron chi connectivity index (χ2n) is 9.17. The number of amides is 1. The summed E-state index contributed by atoms with van der Waals surface area (Å²) in [4.78, 5) is 39.7. The largest absolute Gasteiger partial charge is 0.378 e. The van der Waals surface area contributed by atoms with E-state index in [1.165, 1.54) is 17.0 Å². The van der Waals surface area contributed by atoms with E-state index in [1.807, 2.05) is 6.07 Å². The van der Waals surface area contributed by atoms with Gasteiger partial charge in [0.15, 0.2) is 0 Å². The van der Waals surface area contributed by atoms with Crippen molar-refractivity contribution >= 4 is 34.7 Å². The summed E-state index contributed by atoms with van der Waals surface area (Å²) >= 11 is 0. The van der Waals surface area contributed by atoms with Gasteiger partial charge in [0.05, 0.1) is 36.5 Å². The first kappa shape index (κ1) is 23.2. The number of anilines is 2. The van der Waals surface area contributed by atoms with Gasteiger partial charge in [-0.05, 0) is 43.2 Å². The molecule has 2 aliphatic heterocycles. The number of hydrogen-bond donors (Lipinski definition) is 0. The molecule has 182 valence electrons. The lowest BCUT2D eigenvalue weighted by molar-refractivity contribution is 0.0827. The number of aldehydes is 1. The summed E-state index contributed by atoms with van der Waals surface area (Å²) in [6, 6.07) is 7.92. The summed E-state index contributed by atoms with van der Waals surface area (Å²) in [7, 11) is 3.43. The molecule has 8 nitrogen and oxygen atoms in total. The van der Waals surface area contributed by atoms with Gasteiger partial charge in [-0.2, -0.15) is 0 Å². The lowest BCUT2D eigenvalue weighted by Crippen LogP contribution is -2.36. The molecule has 2 saturated heterocycles. The van der Waals surface area contributed by atoms with Crippen molar-refractivity contribution in [2.45, 2.75) is 18.9 Å². The van der Waals surface area contributed by atoms with Gasteiger partial charge in [0, 0.05) is 56.1 Å². The van der Waals surface area contributed by atoms with Crippen molar-refractivity contribution in [3.8, 4) is 0 Å². The van der Waals surface area contributed by atoms with Gasteiger partial charge in [-0.1, -0.05) is 0 Å². The van der Waals surface area contributed by atoms with Crippen LogP contribution in [-0.4, -0.2) is 74.0 Å². The molecule has 0 N–H and O–H groups in total. The van der Waals surface area contributed by atoms with Gasteiger partial charge in [0.1, 0.15) is 17.9 Å². The molecule has 1 unspecified atom stereocenters. The van der Waals surface area contributed by atoms with Crippen molar-refractivity contribution in [2.75, 3.05) is 56.7 Å². The Hall–Kier alpha value is -3.59.